The van der Waals surface area contributed by atoms with Gasteiger partial charge in [-0.3, -0.25) is 4.99 Å². The van der Waals surface area contributed by atoms with E-state index >= 15 is 0 Å². The fourth-order valence-electron chi connectivity index (χ4n) is 3.31. The summed E-state index contributed by atoms with van der Waals surface area (Å²) in [5.41, 5.74) is 2.28. The Labute approximate surface area is 174 Å². The van der Waals surface area contributed by atoms with E-state index in [1.165, 1.54) is 5.56 Å². The lowest BCUT2D eigenvalue weighted by atomic mass is 9.96. The molecule has 0 saturated heterocycles. The number of rotatable bonds is 7. The molecule has 2 aromatic carbocycles. The quantitative estimate of drug-likeness (QED) is 0.491. The number of nitrogens with one attached hydrogen (secondary N) is 2. The Kier molecular flexibility index (Phi) is 6.34. The highest BCUT2D eigenvalue weighted by atomic mass is 79.9. The van der Waals surface area contributed by atoms with Crippen LogP contribution in [0.25, 0.3) is 0 Å². The van der Waals surface area contributed by atoms with Crippen LogP contribution in [0.2, 0.25) is 0 Å². The van der Waals surface area contributed by atoms with Gasteiger partial charge in [-0.2, -0.15) is 0 Å². The smallest absolute Gasteiger partial charge is 0.203 e. The molecule has 2 aromatic rings. The van der Waals surface area contributed by atoms with Crippen molar-refractivity contribution in [2.24, 2.45) is 4.99 Å². The van der Waals surface area contributed by atoms with Crippen molar-refractivity contribution in [3.05, 3.63) is 46.4 Å². The second-order valence-electron chi connectivity index (χ2n) is 6.72. The van der Waals surface area contributed by atoms with E-state index < -0.39 is 0 Å². The predicted molar refractivity (Wildman–Crippen MR) is 116 cm³/mol. The van der Waals surface area contributed by atoms with Crippen LogP contribution >= 0.6 is 15.9 Å². The predicted octanol–water partition coefficient (Wildman–Crippen LogP) is 4.19. The maximum atomic E-state index is 5.42. The van der Waals surface area contributed by atoms with Crippen LogP contribution in [0.15, 0.2) is 45.9 Å². The minimum Gasteiger partial charge on any atom is -0.493 e. The summed E-state index contributed by atoms with van der Waals surface area (Å²) in [6.07, 6.45) is 2.31. The van der Waals surface area contributed by atoms with Gasteiger partial charge < -0.3 is 24.8 Å². The summed E-state index contributed by atoms with van der Waals surface area (Å²) in [6, 6.07) is 12.1. The van der Waals surface area contributed by atoms with E-state index in [0.717, 1.165) is 29.5 Å². The maximum Gasteiger partial charge on any atom is 0.203 e. The number of nitrogens with zero attached hydrogens (tertiary/aromatic N) is 1. The van der Waals surface area contributed by atoms with Crippen molar-refractivity contribution in [1.82, 2.24) is 5.32 Å². The lowest BCUT2D eigenvalue weighted by Crippen LogP contribution is -2.36. The van der Waals surface area contributed by atoms with Gasteiger partial charge in [0, 0.05) is 41.3 Å². The molecule has 0 aliphatic heterocycles. The summed E-state index contributed by atoms with van der Waals surface area (Å²) in [5, 5.41) is 6.76. The monoisotopic (exact) mass is 447 g/mol. The molecule has 0 unspecified atom stereocenters. The third kappa shape index (κ3) is 4.19. The van der Waals surface area contributed by atoms with Crippen LogP contribution in [-0.2, 0) is 5.41 Å². The van der Waals surface area contributed by atoms with Gasteiger partial charge in [-0.25, -0.2) is 0 Å². The molecule has 1 fully saturated rings. The van der Waals surface area contributed by atoms with Gasteiger partial charge in [0.15, 0.2) is 17.5 Å². The Balaban J connectivity index is 1.73. The highest BCUT2D eigenvalue weighted by Gasteiger charge is 2.45. The van der Waals surface area contributed by atoms with Gasteiger partial charge in [-0.1, -0.05) is 34.1 Å². The van der Waals surface area contributed by atoms with E-state index in [0.29, 0.717) is 23.2 Å². The van der Waals surface area contributed by atoms with E-state index in [1.807, 2.05) is 18.2 Å². The molecule has 0 aromatic heterocycles. The maximum absolute atomic E-state index is 5.42. The molecule has 7 heteroatoms. The molecule has 1 aliphatic rings. The van der Waals surface area contributed by atoms with Crippen molar-refractivity contribution >= 4 is 27.6 Å². The summed E-state index contributed by atoms with van der Waals surface area (Å²) in [6.45, 7) is 0.805. The minimum absolute atomic E-state index is 0.146. The number of halogens is 1. The van der Waals surface area contributed by atoms with Gasteiger partial charge in [0.1, 0.15) is 0 Å². The van der Waals surface area contributed by atoms with Crippen LogP contribution < -0.4 is 24.8 Å². The Bertz CT molecular complexity index is 841. The van der Waals surface area contributed by atoms with Crippen LogP contribution in [0, 0.1) is 0 Å². The topological polar surface area (TPSA) is 64.1 Å². The molecule has 0 amide bonds. The van der Waals surface area contributed by atoms with Crippen molar-refractivity contribution in [3.8, 4) is 17.2 Å². The number of hydrogen-bond donors (Lipinski definition) is 2. The van der Waals surface area contributed by atoms with Crippen molar-refractivity contribution in [1.29, 1.82) is 0 Å². The first-order chi connectivity index (χ1) is 13.6. The van der Waals surface area contributed by atoms with E-state index in [1.54, 1.807) is 28.4 Å². The van der Waals surface area contributed by atoms with Gasteiger partial charge in [-0.05, 0) is 24.5 Å². The van der Waals surface area contributed by atoms with E-state index in [9.17, 15) is 0 Å². The molecule has 0 heterocycles. The molecule has 6 nitrogen and oxygen atoms in total. The van der Waals surface area contributed by atoms with Crippen LogP contribution in [0.4, 0.5) is 5.69 Å². The van der Waals surface area contributed by atoms with E-state index in [4.69, 9.17) is 14.2 Å². The first-order valence-electron chi connectivity index (χ1n) is 9.09. The second-order valence-corrected chi connectivity index (χ2v) is 7.58. The van der Waals surface area contributed by atoms with Crippen LogP contribution in [0.5, 0.6) is 17.2 Å². The van der Waals surface area contributed by atoms with Gasteiger partial charge in [0.05, 0.1) is 21.3 Å². The van der Waals surface area contributed by atoms with Gasteiger partial charge in [-0.15, -0.1) is 0 Å². The molecule has 2 N–H and O–H groups in total. The number of hydrogen-bond acceptors (Lipinski definition) is 4. The van der Waals surface area contributed by atoms with Crippen LogP contribution in [0.1, 0.15) is 18.4 Å². The largest absolute Gasteiger partial charge is 0.493 e. The first-order valence-corrected chi connectivity index (χ1v) is 9.89. The number of ether oxygens (including phenoxy) is 3. The minimum atomic E-state index is 0.146. The lowest BCUT2D eigenvalue weighted by Gasteiger charge is -2.21. The molecule has 0 spiro atoms. The standard InChI is InChI=1S/C21H26BrN3O3/c1-23-20(24-13-21(9-10-21)15-7-5-6-8-16(15)22)25-14-11-17(26-2)19(28-4)18(12-14)27-3/h5-8,11-12H,9-10,13H2,1-4H3,(H2,23,24,25). The molecule has 150 valence electrons. The zero-order chi connectivity index (χ0) is 20.1. The lowest BCUT2D eigenvalue weighted by molar-refractivity contribution is 0.324. The zero-order valence-electron chi connectivity index (χ0n) is 16.6. The Hall–Kier alpha value is -2.41. The van der Waals surface area contributed by atoms with Crippen molar-refractivity contribution < 1.29 is 14.2 Å². The fourth-order valence-corrected chi connectivity index (χ4v) is 4.01. The van der Waals surface area contributed by atoms with E-state index in [2.05, 4.69) is 49.8 Å². The van der Waals surface area contributed by atoms with Gasteiger partial charge in [0.25, 0.3) is 0 Å². The SMILES string of the molecule is CN=C(NCC1(c2ccccc2Br)CC1)Nc1cc(OC)c(OC)c(OC)c1. The summed E-state index contributed by atoms with van der Waals surface area (Å²) in [7, 11) is 6.54. The molecule has 1 saturated carbocycles. The average Bonchev–Trinajstić information content (AvgIpc) is 3.51. The summed E-state index contributed by atoms with van der Waals surface area (Å²) < 4.78 is 17.4. The Morgan fingerprint density at radius 1 is 1.07 bits per heavy atom. The van der Waals surface area contributed by atoms with Crippen molar-refractivity contribution in [2.75, 3.05) is 40.2 Å². The first kappa shape index (κ1) is 20.3. The summed E-state index contributed by atoms with van der Waals surface area (Å²) >= 11 is 3.68. The normalized spacial score (nSPS) is 15.0. The zero-order valence-corrected chi connectivity index (χ0v) is 18.2. The Morgan fingerprint density at radius 3 is 2.21 bits per heavy atom. The van der Waals surface area contributed by atoms with Crippen LogP contribution in [-0.4, -0.2) is 40.9 Å². The van der Waals surface area contributed by atoms with E-state index in [-0.39, 0.29) is 5.41 Å². The van der Waals surface area contributed by atoms with Gasteiger partial charge in [0.2, 0.25) is 5.75 Å². The number of guanidine groups is 1. The molecule has 0 bridgehead atoms. The third-order valence-electron chi connectivity index (χ3n) is 5.04. The number of aliphatic imine (C=N–C) groups is 1. The average molecular weight is 448 g/mol. The molecule has 3 rings (SSSR count). The highest BCUT2D eigenvalue weighted by Crippen LogP contribution is 2.50. The number of anilines is 1. The fraction of sp³-hybridized carbons (Fsp3) is 0.381. The second kappa shape index (κ2) is 8.73. The van der Waals surface area contributed by atoms with Crippen molar-refractivity contribution in [3.63, 3.8) is 0 Å². The highest BCUT2D eigenvalue weighted by molar-refractivity contribution is 9.10. The van der Waals surface area contributed by atoms with Crippen molar-refractivity contribution in [2.45, 2.75) is 18.3 Å². The molecular formula is C21H26BrN3O3. The molecular weight excluding hydrogens is 422 g/mol. The van der Waals surface area contributed by atoms with Crippen LogP contribution in [0.3, 0.4) is 0 Å². The van der Waals surface area contributed by atoms with Gasteiger partial charge >= 0.3 is 0 Å². The summed E-state index contributed by atoms with van der Waals surface area (Å²) in [5.74, 6) is 2.43. The molecule has 0 atom stereocenters. The summed E-state index contributed by atoms with van der Waals surface area (Å²) in [4.78, 5) is 4.35. The molecule has 28 heavy (non-hydrogen) atoms. The third-order valence-corrected chi connectivity index (χ3v) is 5.74. The molecule has 0 radical (unpaired) electrons. The number of methoxy groups -OCH3 is 3. The molecule has 1 aliphatic carbocycles. The Morgan fingerprint density at radius 2 is 1.71 bits per heavy atom. The number of benzene rings is 2.